The highest BCUT2D eigenvalue weighted by Crippen LogP contribution is 2.07. The van der Waals surface area contributed by atoms with Crippen molar-refractivity contribution in [2.24, 2.45) is 0 Å². The van der Waals surface area contributed by atoms with Gasteiger partial charge in [0.15, 0.2) is 0 Å². The number of nitrogens with one attached hydrogen (secondary N) is 1. The smallest absolute Gasteiger partial charge is 0.321 e. The third-order valence-corrected chi connectivity index (χ3v) is 1.87. The van der Waals surface area contributed by atoms with Gasteiger partial charge in [0.25, 0.3) is 0 Å². The second-order valence-corrected chi connectivity index (χ2v) is 2.85. The Morgan fingerprint density at radius 3 is 3.17 bits per heavy atom. The van der Waals surface area contributed by atoms with Crippen molar-refractivity contribution in [2.75, 3.05) is 0 Å². The number of rotatable bonds is 3. The first-order chi connectivity index (χ1) is 5.74. The van der Waals surface area contributed by atoms with Crippen LogP contribution in [-0.4, -0.2) is 23.2 Å². The summed E-state index contributed by atoms with van der Waals surface area (Å²) in [4.78, 5) is 10.6. The van der Waals surface area contributed by atoms with E-state index in [0.29, 0.717) is 6.42 Å². The average Bonchev–Trinajstić information content (AvgIpc) is 2.05. The second-order valence-electron chi connectivity index (χ2n) is 2.85. The molecule has 0 aromatic heterocycles. The molecule has 3 nitrogen and oxygen atoms in total. The van der Waals surface area contributed by atoms with Crippen molar-refractivity contribution in [2.45, 2.75) is 24.9 Å². The maximum absolute atomic E-state index is 10.6. The van der Waals surface area contributed by atoms with Crippen LogP contribution in [0.25, 0.3) is 0 Å². The summed E-state index contributed by atoms with van der Waals surface area (Å²) in [5.41, 5.74) is 0. The first-order valence-electron chi connectivity index (χ1n) is 4.00. The predicted molar refractivity (Wildman–Crippen MR) is 46.9 cm³/mol. The van der Waals surface area contributed by atoms with Crippen molar-refractivity contribution in [1.29, 1.82) is 0 Å². The first kappa shape index (κ1) is 9.00. The third-order valence-electron chi connectivity index (χ3n) is 1.87. The molecule has 2 N–H and O–H groups in total. The van der Waals surface area contributed by atoms with Crippen LogP contribution in [0.5, 0.6) is 0 Å². The van der Waals surface area contributed by atoms with Crippen LogP contribution in [0.2, 0.25) is 0 Å². The second kappa shape index (κ2) is 4.07. The van der Waals surface area contributed by atoms with E-state index < -0.39 is 12.0 Å². The molecule has 0 aromatic rings. The molecule has 0 unspecified atom stereocenters. The molecular formula is C9H13NO2. The van der Waals surface area contributed by atoms with Gasteiger partial charge in [0, 0.05) is 6.04 Å². The molecule has 1 rings (SSSR count). The van der Waals surface area contributed by atoms with Gasteiger partial charge in [-0.05, 0) is 12.8 Å². The maximum atomic E-state index is 10.6. The largest absolute Gasteiger partial charge is 0.480 e. The topological polar surface area (TPSA) is 49.3 Å². The molecule has 0 amide bonds. The van der Waals surface area contributed by atoms with Crippen LogP contribution in [-0.2, 0) is 4.79 Å². The molecule has 66 valence electrons. The quantitative estimate of drug-likeness (QED) is 0.615. The van der Waals surface area contributed by atoms with Gasteiger partial charge in [-0.25, -0.2) is 0 Å². The number of aliphatic carboxylic acids is 1. The molecule has 0 fully saturated rings. The van der Waals surface area contributed by atoms with Gasteiger partial charge in [-0.2, -0.15) is 0 Å². The Bertz CT molecular complexity index is 211. The summed E-state index contributed by atoms with van der Waals surface area (Å²) in [5, 5.41) is 11.7. The van der Waals surface area contributed by atoms with Crippen LogP contribution in [0.15, 0.2) is 24.8 Å². The van der Waals surface area contributed by atoms with Gasteiger partial charge < -0.3 is 5.11 Å². The number of carboxylic acids is 1. The lowest BCUT2D eigenvalue weighted by Crippen LogP contribution is -2.44. The Labute approximate surface area is 71.8 Å². The minimum absolute atomic E-state index is 0.136. The highest BCUT2D eigenvalue weighted by molar-refractivity contribution is 5.74. The van der Waals surface area contributed by atoms with Gasteiger partial charge in [0.05, 0.1) is 0 Å². The van der Waals surface area contributed by atoms with Crippen LogP contribution in [0.1, 0.15) is 12.8 Å². The highest BCUT2D eigenvalue weighted by atomic mass is 16.4. The maximum Gasteiger partial charge on any atom is 0.321 e. The normalized spacial score (nSPS) is 28.3. The molecule has 0 aliphatic carbocycles. The van der Waals surface area contributed by atoms with E-state index in [-0.39, 0.29) is 6.04 Å². The molecule has 3 heteroatoms. The molecule has 1 aliphatic heterocycles. The molecule has 0 aromatic carbocycles. The van der Waals surface area contributed by atoms with Gasteiger partial charge in [0.1, 0.15) is 6.04 Å². The molecule has 0 spiro atoms. The highest BCUT2D eigenvalue weighted by Gasteiger charge is 2.21. The van der Waals surface area contributed by atoms with Crippen molar-refractivity contribution >= 4 is 5.97 Å². The van der Waals surface area contributed by atoms with E-state index in [1.165, 1.54) is 0 Å². The summed E-state index contributed by atoms with van der Waals surface area (Å²) in [6, 6.07) is -0.294. The van der Waals surface area contributed by atoms with E-state index in [9.17, 15) is 4.79 Å². The van der Waals surface area contributed by atoms with Crippen molar-refractivity contribution in [3.63, 3.8) is 0 Å². The molecule has 1 aliphatic rings. The Balaban J connectivity index is 2.50. The molecular weight excluding hydrogens is 154 g/mol. The van der Waals surface area contributed by atoms with Gasteiger partial charge in [0.2, 0.25) is 0 Å². The molecule has 0 bridgehead atoms. The van der Waals surface area contributed by atoms with Gasteiger partial charge in [-0.1, -0.05) is 18.2 Å². The third kappa shape index (κ3) is 2.20. The standard InChI is InChI=1S/C9H13NO2/c1-2-4-7-5-3-6-8(10-7)9(11)12/h2-3,5,7-8,10H,1,4,6H2,(H,11,12)/t7-,8-/m0/s1. The Hall–Kier alpha value is -1.09. The Morgan fingerprint density at radius 2 is 2.58 bits per heavy atom. The molecule has 12 heavy (non-hydrogen) atoms. The van der Waals surface area contributed by atoms with Crippen molar-refractivity contribution < 1.29 is 9.90 Å². The van der Waals surface area contributed by atoms with Crippen LogP contribution >= 0.6 is 0 Å². The van der Waals surface area contributed by atoms with Gasteiger partial charge in [-0.15, -0.1) is 6.58 Å². The molecule has 0 radical (unpaired) electrons. The fourth-order valence-corrected chi connectivity index (χ4v) is 1.26. The molecule has 2 atom stereocenters. The fraction of sp³-hybridized carbons (Fsp3) is 0.444. The zero-order valence-electron chi connectivity index (χ0n) is 6.86. The number of hydrogen-bond acceptors (Lipinski definition) is 2. The van der Waals surface area contributed by atoms with E-state index in [4.69, 9.17) is 5.11 Å². The lowest BCUT2D eigenvalue weighted by atomic mass is 10.0. The number of hydrogen-bond donors (Lipinski definition) is 2. The Kier molecular flexibility index (Phi) is 3.05. The minimum atomic E-state index is -0.784. The van der Waals surface area contributed by atoms with Crippen molar-refractivity contribution in [3.8, 4) is 0 Å². The lowest BCUT2D eigenvalue weighted by molar-refractivity contribution is -0.139. The minimum Gasteiger partial charge on any atom is -0.480 e. The lowest BCUT2D eigenvalue weighted by Gasteiger charge is -2.22. The summed E-state index contributed by atoms with van der Waals surface area (Å²) < 4.78 is 0. The summed E-state index contributed by atoms with van der Waals surface area (Å²) in [6.07, 6.45) is 7.03. The first-order valence-corrected chi connectivity index (χ1v) is 4.00. The van der Waals surface area contributed by atoms with E-state index in [0.717, 1.165) is 6.42 Å². The Morgan fingerprint density at radius 1 is 1.83 bits per heavy atom. The van der Waals surface area contributed by atoms with Crippen molar-refractivity contribution in [3.05, 3.63) is 24.8 Å². The average molecular weight is 167 g/mol. The van der Waals surface area contributed by atoms with Gasteiger partial charge in [-0.3, -0.25) is 10.1 Å². The fourth-order valence-electron chi connectivity index (χ4n) is 1.26. The molecule has 0 saturated carbocycles. The van der Waals surface area contributed by atoms with Crippen LogP contribution in [0, 0.1) is 0 Å². The zero-order valence-corrected chi connectivity index (χ0v) is 6.86. The summed E-state index contributed by atoms with van der Waals surface area (Å²) >= 11 is 0. The number of carboxylic acid groups (broad SMARTS) is 1. The molecule has 0 saturated heterocycles. The summed E-state index contributed by atoms with van der Waals surface area (Å²) in [6.45, 7) is 3.60. The monoisotopic (exact) mass is 167 g/mol. The van der Waals surface area contributed by atoms with Gasteiger partial charge >= 0.3 is 5.97 Å². The summed E-state index contributed by atoms with van der Waals surface area (Å²) in [7, 11) is 0. The van der Waals surface area contributed by atoms with Crippen LogP contribution < -0.4 is 5.32 Å². The van der Waals surface area contributed by atoms with E-state index in [1.54, 1.807) is 6.08 Å². The zero-order chi connectivity index (χ0) is 8.97. The van der Waals surface area contributed by atoms with E-state index >= 15 is 0 Å². The van der Waals surface area contributed by atoms with Crippen LogP contribution in [0.4, 0.5) is 0 Å². The number of carbonyl (C=O) groups is 1. The van der Waals surface area contributed by atoms with Crippen LogP contribution in [0.3, 0.4) is 0 Å². The SMILES string of the molecule is C=CC[C@H]1C=CC[C@@H](C(=O)O)N1. The van der Waals surface area contributed by atoms with Crippen molar-refractivity contribution in [1.82, 2.24) is 5.32 Å². The molecule has 1 heterocycles. The van der Waals surface area contributed by atoms with E-state index in [1.807, 2.05) is 12.2 Å². The predicted octanol–water partition coefficient (Wildman–Crippen LogP) is 0.934. The summed E-state index contributed by atoms with van der Waals surface area (Å²) in [5.74, 6) is -0.784. The van der Waals surface area contributed by atoms with E-state index in [2.05, 4.69) is 11.9 Å².